The molecular weight excluding hydrogens is 360 g/mol. The van der Waals surface area contributed by atoms with E-state index in [0.717, 1.165) is 16.7 Å². The number of carbonyl (C=O) groups is 1. The summed E-state index contributed by atoms with van der Waals surface area (Å²) in [4.78, 5) is 12.6. The van der Waals surface area contributed by atoms with E-state index in [1.54, 1.807) is 24.3 Å². The maximum absolute atomic E-state index is 13.2. The number of benzene rings is 2. The summed E-state index contributed by atoms with van der Waals surface area (Å²) in [6, 6.07) is 14.3. The second-order valence-corrected chi connectivity index (χ2v) is 9.81. The molecule has 1 N–H and O–H groups in total. The number of sulfonamides is 1. The molecule has 146 valence electrons. The van der Waals surface area contributed by atoms with E-state index in [2.05, 4.69) is 5.32 Å². The second kappa shape index (κ2) is 8.23. The van der Waals surface area contributed by atoms with Crippen molar-refractivity contribution in [2.75, 3.05) is 6.54 Å². The predicted octanol–water partition coefficient (Wildman–Crippen LogP) is 3.41. The maximum atomic E-state index is 13.2. The highest BCUT2D eigenvalue weighted by molar-refractivity contribution is 7.89. The van der Waals surface area contributed by atoms with Crippen LogP contribution in [0.15, 0.2) is 53.4 Å². The minimum Gasteiger partial charge on any atom is -0.350 e. The van der Waals surface area contributed by atoms with Gasteiger partial charge >= 0.3 is 0 Å². The largest absolute Gasteiger partial charge is 0.350 e. The quantitative estimate of drug-likeness (QED) is 0.825. The van der Waals surface area contributed by atoms with Crippen LogP contribution in [-0.4, -0.2) is 30.7 Å². The summed E-state index contributed by atoms with van der Waals surface area (Å²) in [5, 5.41) is 2.83. The summed E-state index contributed by atoms with van der Waals surface area (Å²) in [5.74, 6) is -0.328. The van der Waals surface area contributed by atoms with Crippen LogP contribution in [0.1, 0.15) is 37.5 Å². The van der Waals surface area contributed by atoms with Crippen molar-refractivity contribution in [3.63, 3.8) is 0 Å². The molecule has 0 unspecified atom stereocenters. The molecule has 0 atom stereocenters. The number of rotatable bonds is 6. The molecule has 2 aromatic carbocycles. The van der Waals surface area contributed by atoms with E-state index in [4.69, 9.17) is 0 Å². The Labute approximate surface area is 162 Å². The van der Waals surface area contributed by atoms with Crippen LogP contribution in [0.4, 0.5) is 0 Å². The fourth-order valence-corrected chi connectivity index (χ4v) is 3.98. The molecule has 0 saturated carbocycles. The molecule has 2 rings (SSSR count). The number of nitrogens with one attached hydrogen (secondary N) is 1. The van der Waals surface area contributed by atoms with Crippen molar-refractivity contribution in [2.24, 2.45) is 0 Å². The Hall–Kier alpha value is -2.18. The first kappa shape index (κ1) is 21.1. The number of amides is 1. The van der Waals surface area contributed by atoms with Gasteiger partial charge in [0.05, 0.1) is 11.4 Å². The molecule has 0 fully saturated rings. The van der Waals surface area contributed by atoms with Crippen molar-refractivity contribution in [1.29, 1.82) is 0 Å². The lowest BCUT2D eigenvalue weighted by molar-refractivity contribution is -0.122. The summed E-state index contributed by atoms with van der Waals surface area (Å²) in [7, 11) is -3.80. The minimum atomic E-state index is -3.80. The zero-order chi connectivity index (χ0) is 20.2. The Balaban J connectivity index is 2.34. The Morgan fingerprint density at radius 3 is 1.89 bits per heavy atom. The monoisotopic (exact) mass is 388 g/mol. The number of aryl methyl sites for hydroxylation is 2. The lowest BCUT2D eigenvalue weighted by Crippen LogP contribution is -2.47. The lowest BCUT2D eigenvalue weighted by atomic mass is 10.1. The zero-order valence-electron chi connectivity index (χ0n) is 16.6. The summed E-state index contributed by atoms with van der Waals surface area (Å²) in [6.45, 7) is 9.37. The Kier molecular flexibility index (Phi) is 6.44. The fraction of sp³-hybridized carbons (Fsp3) is 0.381. The van der Waals surface area contributed by atoms with Gasteiger partial charge in [-0.05, 0) is 52.3 Å². The highest BCUT2D eigenvalue weighted by Gasteiger charge is 2.28. The van der Waals surface area contributed by atoms with Crippen molar-refractivity contribution in [3.8, 4) is 0 Å². The third kappa shape index (κ3) is 6.19. The van der Waals surface area contributed by atoms with E-state index in [1.807, 2.05) is 58.9 Å². The van der Waals surface area contributed by atoms with Crippen LogP contribution in [0.2, 0.25) is 0 Å². The number of carbonyl (C=O) groups excluding carboxylic acids is 1. The SMILES string of the molecule is Cc1ccc(CN(CC(=O)NC(C)(C)C)S(=O)(=O)c2ccc(C)cc2)cc1. The van der Waals surface area contributed by atoms with E-state index >= 15 is 0 Å². The summed E-state index contributed by atoms with van der Waals surface area (Å²) < 4.78 is 27.5. The van der Waals surface area contributed by atoms with Crippen molar-refractivity contribution in [3.05, 3.63) is 65.2 Å². The van der Waals surface area contributed by atoms with Gasteiger partial charge in [-0.15, -0.1) is 0 Å². The van der Waals surface area contributed by atoms with E-state index in [9.17, 15) is 13.2 Å². The number of nitrogens with zero attached hydrogens (tertiary/aromatic N) is 1. The van der Waals surface area contributed by atoms with Gasteiger partial charge in [-0.25, -0.2) is 8.42 Å². The van der Waals surface area contributed by atoms with Gasteiger partial charge in [-0.2, -0.15) is 4.31 Å². The van der Waals surface area contributed by atoms with Crippen LogP contribution in [0.3, 0.4) is 0 Å². The van der Waals surface area contributed by atoms with Gasteiger partial charge in [0.1, 0.15) is 0 Å². The molecule has 6 heteroatoms. The van der Waals surface area contributed by atoms with Crippen molar-refractivity contribution in [2.45, 2.75) is 51.6 Å². The molecule has 2 aromatic rings. The van der Waals surface area contributed by atoms with Crippen molar-refractivity contribution >= 4 is 15.9 Å². The summed E-state index contributed by atoms with van der Waals surface area (Å²) in [6.07, 6.45) is 0. The Bertz CT molecular complexity index is 881. The predicted molar refractivity (Wildman–Crippen MR) is 108 cm³/mol. The third-order valence-corrected chi connectivity index (χ3v) is 5.78. The first-order chi connectivity index (χ1) is 12.5. The van der Waals surface area contributed by atoms with E-state index in [1.165, 1.54) is 4.31 Å². The number of hydrogen-bond donors (Lipinski definition) is 1. The van der Waals surface area contributed by atoms with Gasteiger partial charge in [-0.1, -0.05) is 47.5 Å². The molecular formula is C21H28N2O3S. The smallest absolute Gasteiger partial charge is 0.243 e. The van der Waals surface area contributed by atoms with Crippen LogP contribution < -0.4 is 5.32 Å². The van der Waals surface area contributed by atoms with Crippen LogP contribution in [0.5, 0.6) is 0 Å². The molecule has 0 bridgehead atoms. The highest BCUT2D eigenvalue weighted by Crippen LogP contribution is 2.19. The normalized spacial score (nSPS) is 12.2. The third-order valence-electron chi connectivity index (χ3n) is 3.97. The number of hydrogen-bond acceptors (Lipinski definition) is 3. The lowest BCUT2D eigenvalue weighted by Gasteiger charge is -2.25. The molecule has 0 aliphatic rings. The van der Waals surface area contributed by atoms with Crippen LogP contribution in [0, 0.1) is 13.8 Å². The fourth-order valence-electron chi connectivity index (χ4n) is 2.60. The van der Waals surface area contributed by atoms with Gasteiger partial charge < -0.3 is 5.32 Å². The summed E-state index contributed by atoms with van der Waals surface area (Å²) >= 11 is 0. The average molecular weight is 389 g/mol. The molecule has 27 heavy (non-hydrogen) atoms. The first-order valence-electron chi connectivity index (χ1n) is 8.91. The zero-order valence-corrected chi connectivity index (χ0v) is 17.4. The van der Waals surface area contributed by atoms with Crippen molar-refractivity contribution in [1.82, 2.24) is 9.62 Å². The highest BCUT2D eigenvalue weighted by atomic mass is 32.2. The average Bonchev–Trinajstić information content (AvgIpc) is 2.55. The van der Waals surface area contributed by atoms with Crippen LogP contribution in [-0.2, 0) is 21.4 Å². The molecule has 0 radical (unpaired) electrons. The molecule has 0 aliphatic carbocycles. The van der Waals surface area contributed by atoms with Crippen LogP contribution >= 0.6 is 0 Å². The Morgan fingerprint density at radius 1 is 0.926 bits per heavy atom. The van der Waals surface area contributed by atoms with Crippen LogP contribution in [0.25, 0.3) is 0 Å². The van der Waals surface area contributed by atoms with Gasteiger partial charge in [0, 0.05) is 12.1 Å². The molecule has 0 heterocycles. The first-order valence-corrected chi connectivity index (χ1v) is 10.3. The molecule has 0 aromatic heterocycles. The van der Waals surface area contributed by atoms with Gasteiger partial charge in [0.25, 0.3) is 0 Å². The van der Waals surface area contributed by atoms with Gasteiger partial charge in [0.15, 0.2) is 0 Å². The summed E-state index contributed by atoms with van der Waals surface area (Å²) in [5.41, 5.74) is 2.47. The maximum Gasteiger partial charge on any atom is 0.243 e. The molecule has 5 nitrogen and oxygen atoms in total. The Morgan fingerprint density at radius 2 is 1.41 bits per heavy atom. The second-order valence-electron chi connectivity index (χ2n) is 7.87. The molecule has 1 amide bonds. The molecule has 0 spiro atoms. The molecule has 0 aliphatic heterocycles. The van der Waals surface area contributed by atoms with E-state index in [0.29, 0.717) is 0 Å². The van der Waals surface area contributed by atoms with Gasteiger partial charge in [-0.3, -0.25) is 4.79 Å². The molecule has 0 saturated heterocycles. The standard InChI is InChI=1S/C21H28N2O3S/c1-16-6-10-18(11-7-16)14-23(15-20(24)22-21(3,4)5)27(25,26)19-12-8-17(2)9-13-19/h6-13H,14-15H2,1-5H3,(H,22,24). The minimum absolute atomic E-state index is 0.133. The topological polar surface area (TPSA) is 66.5 Å². The van der Waals surface area contributed by atoms with E-state index in [-0.39, 0.29) is 23.9 Å². The van der Waals surface area contributed by atoms with Crippen molar-refractivity contribution < 1.29 is 13.2 Å². The van der Waals surface area contributed by atoms with Gasteiger partial charge in [0.2, 0.25) is 15.9 Å². The van der Waals surface area contributed by atoms with E-state index < -0.39 is 15.6 Å².